The van der Waals surface area contributed by atoms with E-state index in [0.717, 1.165) is 23.6 Å². The van der Waals surface area contributed by atoms with Crippen LogP contribution in [0.3, 0.4) is 0 Å². The standard InChI is InChI=1S/C16H22N4O/c17-9-7-13-5-6-16(11-18-13)21-12-14-8-10-20(19-14)15-3-1-2-4-15/h5-6,8,10-11,15H,1-4,7,9,12,17H2. The lowest BCUT2D eigenvalue weighted by atomic mass is 10.3. The minimum Gasteiger partial charge on any atom is -0.486 e. The summed E-state index contributed by atoms with van der Waals surface area (Å²) in [5, 5.41) is 4.61. The molecule has 2 aromatic rings. The van der Waals surface area contributed by atoms with Crippen molar-refractivity contribution in [3.8, 4) is 5.75 Å². The predicted octanol–water partition coefficient (Wildman–Crippen LogP) is 2.47. The van der Waals surface area contributed by atoms with Crippen LogP contribution in [0.2, 0.25) is 0 Å². The van der Waals surface area contributed by atoms with Crippen LogP contribution in [0.5, 0.6) is 5.75 Å². The number of hydrogen-bond acceptors (Lipinski definition) is 4. The summed E-state index contributed by atoms with van der Waals surface area (Å²) >= 11 is 0. The Hall–Kier alpha value is -1.88. The third kappa shape index (κ3) is 3.61. The first-order valence-electron chi connectivity index (χ1n) is 7.67. The first kappa shape index (κ1) is 14.1. The van der Waals surface area contributed by atoms with Gasteiger partial charge >= 0.3 is 0 Å². The molecule has 0 radical (unpaired) electrons. The molecule has 0 atom stereocenters. The van der Waals surface area contributed by atoms with Crippen LogP contribution in [-0.2, 0) is 13.0 Å². The highest BCUT2D eigenvalue weighted by atomic mass is 16.5. The van der Waals surface area contributed by atoms with Crippen LogP contribution in [0.25, 0.3) is 0 Å². The maximum atomic E-state index is 5.73. The van der Waals surface area contributed by atoms with Crippen LogP contribution in [0, 0.1) is 0 Å². The zero-order valence-electron chi connectivity index (χ0n) is 12.2. The molecule has 5 nitrogen and oxygen atoms in total. The summed E-state index contributed by atoms with van der Waals surface area (Å²) < 4.78 is 7.82. The van der Waals surface area contributed by atoms with Gasteiger partial charge in [0.2, 0.25) is 0 Å². The third-order valence-electron chi connectivity index (χ3n) is 3.95. The average Bonchev–Trinajstić information content (AvgIpc) is 3.18. The van der Waals surface area contributed by atoms with Crippen molar-refractivity contribution >= 4 is 0 Å². The maximum absolute atomic E-state index is 5.73. The van der Waals surface area contributed by atoms with Crippen molar-refractivity contribution in [3.63, 3.8) is 0 Å². The fourth-order valence-electron chi connectivity index (χ4n) is 2.78. The number of nitrogens with two attached hydrogens (primary N) is 1. The van der Waals surface area contributed by atoms with Gasteiger partial charge in [0.25, 0.3) is 0 Å². The lowest BCUT2D eigenvalue weighted by Gasteiger charge is -2.09. The smallest absolute Gasteiger partial charge is 0.138 e. The van der Waals surface area contributed by atoms with Gasteiger partial charge in [0, 0.05) is 18.3 Å². The molecule has 0 saturated heterocycles. The summed E-state index contributed by atoms with van der Waals surface area (Å²) in [6.45, 7) is 1.10. The van der Waals surface area contributed by atoms with E-state index in [2.05, 4.69) is 21.0 Å². The number of hydrogen-bond donors (Lipinski definition) is 1. The van der Waals surface area contributed by atoms with Gasteiger partial charge in [-0.25, -0.2) is 0 Å². The van der Waals surface area contributed by atoms with Crippen molar-refractivity contribution in [1.82, 2.24) is 14.8 Å². The van der Waals surface area contributed by atoms with Crippen LogP contribution >= 0.6 is 0 Å². The van der Waals surface area contributed by atoms with E-state index < -0.39 is 0 Å². The fourth-order valence-corrected chi connectivity index (χ4v) is 2.78. The Morgan fingerprint density at radius 1 is 1.19 bits per heavy atom. The lowest BCUT2D eigenvalue weighted by Crippen LogP contribution is -2.06. The predicted molar refractivity (Wildman–Crippen MR) is 81.1 cm³/mol. The maximum Gasteiger partial charge on any atom is 0.138 e. The van der Waals surface area contributed by atoms with Gasteiger partial charge in [-0.3, -0.25) is 9.67 Å². The summed E-state index contributed by atoms with van der Waals surface area (Å²) in [5.74, 6) is 0.770. The Bertz CT molecular complexity index is 558. The van der Waals surface area contributed by atoms with E-state index in [0.29, 0.717) is 19.2 Å². The van der Waals surface area contributed by atoms with Crippen molar-refractivity contribution in [1.29, 1.82) is 0 Å². The average molecular weight is 286 g/mol. The topological polar surface area (TPSA) is 66.0 Å². The Kier molecular flexibility index (Phi) is 4.50. The van der Waals surface area contributed by atoms with E-state index in [4.69, 9.17) is 10.5 Å². The molecule has 112 valence electrons. The monoisotopic (exact) mass is 286 g/mol. The van der Waals surface area contributed by atoms with Crippen LogP contribution < -0.4 is 10.5 Å². The highest BCUT2D eigenvalue weighted by Gasteiger charge is 2.17. The summed E-state index contributed by atoms with van der Waals surface area (Å²) in [5.41, 5.74) is 7.47. The number of nitrogens with zero attached hydrogens (tertiary/aromatic N) is 3. The van der Waals surface area contributed by atoms with Gasteiger partial charge in [-0.15, -0.1) is 0 Å². The molecule has 1 saturated carbocycles. The normalized spacial score (nSPS) is 15.5. The molecule has 0 bridgehead atoms. The van der Waals surface area contributed by atoms with E-state index >= 15 is 0 Å². The highest BCUT2D eigenvalue weighted by molar-refractivity contribution is 5.20. The fraction of sp³-hybridized carbons (Fsp3) is 0.500. The molecule has 1 aliphatic carbocycles. The number of aromatic nitrogens is 3. The van der Waals surface area contributed by atoms with Gasteiger partial charge in [-0.05, 0) is 37.6 Å². The molecule has 3 rings (SSSR count). The van der Waals surface area contributed by atoms with E-state index in [1.165, 1.54) is 25.7 Å². The Morgan fingerprint density at radius 3 is 2.76 bits per heavy atom. The van der Waals surface area contributed by atoms with Crippen molar-refractivity contribution in [2.24, 2.45) is 5.73 Å². The van der Waals surface area contributed by atoms with E-state index in [-0.39, 0.29) is 0 Å². The summed E-state index contributed by atoms with van der Waals surface area (Å²) in [6, 6.07) is 6.51. The molecular weight excluding hydrogens is 264 g/mol. The first-order chi connectivity index (χ1) is 10.3. The molecule has 0 amide bonds. The summed E-state index contributed by atoms with van der Waals surface area (Å²) in [6.07, 6.45) is 9.74. The minimum atomic E-state index is 0.484. The van der Waals surface area contributed by atoms with Gasteiger partial charge < -0.3 is 10.5 Å². The van der Waals surface area contributed by atoms with Gasteiger partial charge in [0.1, 0.15) is 12.4 Å². The Labute approximate surface area is 125 Å². The molecule has 0 unspecified atom stereocenters. The lowest BCUT2D eigenvalue weighted by molar-refractivity contribution is 0.296. The molecule has 0 aromatic carbocycles. The van der Waals surface area contributed by atoms with Crippen molar-refractivity contribution < 1.29 is 4.74 Å². The second-order valence-electron chi connectivity index (χ2n) is 5.54. The van der Waals surface area contributed by atoms with Crippen LogP contribution in [0.4, 0.5) is 0 Å². The molecule has 0 spiro atoms. The Balaban J connectivity index is 1.54. The first-order valence-corrected chi connectivity index (χ1v) is 7.67. The van der Waals surface area contributed by atoms with Crippen LogP contribution in [0.1, 0.15) is 43.1 Å². The molecule has 5 heteroatoms. The molecule has 1 fully saturated rings. The molecule has 0 aliphatic heterocycles. The second-order valence-corrected chi connectivity index (χ2v) is 5.54. The SMILES string of the molecule is NCCc1ccc(OCc2ccn(C3CCCC3)n2)cn1. The van der Waals surface area contributed by atoms with Gasteiger partial charge in [0.05, 0.1) is 17.9 Å². The zero-order valence-corrected chi connectivity index (χ0v) is 12.2. The highest BCUT2D eigenvalue weighted by Crippen LogP contribution is 2.28. The number of ether oxygens (including phenoxy) is 1. The van der Waals surface area contributed by atoms with Gasteiger partial charge in [0.15, 0.2) is 0 Å². The van der Waals surface area contributed by atoms with Gasteiger partial charge in [-0.2, -0.15) is 5.10 Å². The molecule has 2 heterocycles. The van der Waals surface area contributed by atoms with E-state index in [1.54, 1.807) is 6.20 Å². The molecule has 2 N–H and O–H groups in total. The van der Waals surface area contributed by atoms with Crippen LogP contribution in [0.15, 0.2) is 30.6 Å². The van der Waals surface area contributed by atoms with E-state index in [1.807, 2.05) is 18.2 Å². The quantitative estimate of drug-likeness (QED) is 0.886. The zero-order chi connectivity index (χ0) is 14.5. The largest absolute Gasteiger partial charge is 0.486 e. The summed E-state index contributed by atoms with van der Waals surface area (Å²) in [7, 11) is 0. The van der Waals surface area contributed by atoms with E-state index in [9.17, 15) is 0 Å². The molecule has 2 aromatic heterocycles. The molecule has 21 heavy (non-hydrogen) atoms. The molecular formula is C16H22N4O. The minimum absolute atomic E-state index is 0.484. The molecule has 1 aliphatic rings. The van der Waals surface area contributed by atoms with Gasteiger partial charge in [-0.1, -0.05) is 12.8 Å². The third-order valence-corrected chi connectivity index (χ3v) is 3.95. The second kappa shape index (κ2) is 6.72. The number of rotatable bonds is 6. The van der Waals surface area contributed by atoms with Crippen LogP contribution in [-0.4, -0.2) is 21.3 Å². The van der Waals surface area contributed by atoms with Crippen molar-refractivity contribution in [2.75, 3.05) is 6.54 Å². The van der Waals surface area contributed by atoms with Crippen molar-refractivity contribution in [3.05, 3.63) is 42.0 Å². The summed E-state index contributed by atoms with van der Waals surface area (Å²) in [4.78, 5) is 4.32. The van der Waals surface area contributed by atoms with Crippen molar-refractivity contribution in [2.45, 2.75) is 44.8 Å². The Morgan fingerprint density at radius 2 is 2.05 bits per heavy atom. The number of pyridine rings is 1.